The van der Waals surface area contributed by atoms with E-state index in [2.05, 4.69) is 29.6 Å². The van der Waals surface area contributed by atoms with Crippen molar-refractivity contribution < 1.29 is 0 Å². The molecule has 2 rings (SSSR count). The highest BCUT2D eigenvalue weighted by Crippen LogP contribution is 2.26. The maximum atomic E-state index is 5.97. The summed E-state index contributed by atoms with van der Waals surface area (Å²) >= 11 is 7.74. The Morgan fingerprint density at radius 2 is 2.17 bits per heavy atom. The van der Waals surface area contributed by atoms with Crippen molar-refractivity contribution in [1.82, 2.24) is 0 Å². The summed E-state index contributed by atoms with van der Waals surface area (Å²) in [6, 6.07) is 8.51. The second kappa shape index (κ2) is 3.08. The van der Waals surface area contributed by atoms with Gasteiger partial charge in [0.2, 0.25) is 0 Å². The first-order chi connectivity index (χ1) is 5.77. The predicted molar refractivity (Wildman–Crippen MR) is 56.1 cm³/mol. The molecule has 1 heterocycles. The Bertz CT molecular complexity index is 389. The van der Waals surface area contributed by atoms with E-state index in [1.807, 2.05) is 6.92 Å². The molecule has 2 heteroatoms. The summed E-state index contributed by atoms with van der Waals surface area (Å²) in [6.07, 6.45) is 0. The number of rotatable bonds is 1. The molecule has 0 spiro atoms. The highest BCUT2D eigenvalue weighted by molar-refractivity contribution is 7.17. The van der Waals surface area contributed by atoms with E-state index >= 15 is 0 Å². The number of hydrogen-bond acceptors (Lipinski definition) is 1. The monoisotopic (exact) mass is 196 g/mol. The van der Waals surface area contributed by atoms with Gasteiger partial charge in [-0.2, -0.15) is 0 Å². The van der Waals surface area contributed by atoms with Crippen molar-refractivity contribution in [2.45, 2.75) is 12.3 Å². The van der Waals surface area contributed by atoms with Crippen molar-refractivity contribution in [1.29, 1.82) is 0 Å². The van der Waals surface area contributed by atoms with Gasteiger partial charge in [-0.3, -0.25) is 0 Å². The standard InChI is InChI=1S/C10H9ClS/c1-7(11)8-2-3-10-9(6-8)4-5-12-10/h2-7H,1H3. The topological polar surface area (TPSA) is 0 Å². The molecular weight excluding hydrogens is 188 g/mol. The zero-order chi connectivity index (χ0) is 8.55. The third-order valence-electron chi connectivity index (χ3n) is 1.94. The van der Waals surface area contributed by atoms with Gasteiger partial charge in [-0.15, -0.1) is 22.9 Å². The average molecular weight is 197 g/mol. The van der Waals surface area contributed by atoms with E-state index in [0.29, 0.717) is 0 Å². The number of alkyl halides is 1. The van der Waals surface area contributed by atoms with E-state index in [4.69, 9.17) is 11.6 Å². The van der Waals surface area contributed by atoms with Gasteiger partial charge < -0.3 is 0 Å². The van der Waals surface area contributed by atoms with Gasteiger partial charge in [-0.25, -0.2) is 0 Å². The Kier molecular flexibility index (Phi) is 2.07. The number of fused-ring (bicyclic) bond motifs is 1. The van der Waals surface area contributed by atoms with Gasteiger partial charge in [0.05, 0.1) is 5.38 Å². The van der Waals surface area contributed by atoms with Crippen molar-refractivity contribution >= 4 is 33.0 Å². The second-order valence-corrected chi connectivity index (χ2v) is 4.44. The molecule has 12 heavy (non-hydrogen) atoms. The molecule has 2 aromatic rings. The summed E-state index contributed by atoms with van der Waals surface area (Å²) in [4.78, 5) is 0. The molecule has 0 saturated heterocycles. The van der Waals surface area contributed by atoms with Crippen LogP contribution in [0.25, 0.3) is 10.1 Å². The Hall–Kier alpha value is -0.530. The highest BCUT2D eigenvalue weighted by Gasteiger charge is 2.01. The molecule has 0 nitrogen and oxygen atoms in total. The van der Waals surface area contributed by atoms with Crippen LogP contribution in [0.4, 0.5) is 0 Å². The molecule has 0 N–H and O–H groups in total. The third-order valence-corrected chi connectivity index (χ3v) is 3.09. The molecule has 1 atom stereocenters. The average Bonchev–Trinajstić information content (AvgIpc) is 2.49. The summed E-state index contributed by atoms with van der Waals surface area (Å²) in [6.45, 7) is 2.00. The quantitative estimate of drug-likeness (QED) is 0.600. The minimum Gasteiger partial charge on any atom is -0.144 e. The number of benzene rings is 1. The smallest absolute Gasteiger partial charge is 0.0557 e. The molecule has 0 saturated carbocycles. The lowest BCUT2D eigenvalue weighted by atomic mass is 10.1. The normalized spacial score (nSPS) is 13.5. The van der Waals surface area contributed by atoms with Crippen molar-refractivity contribution in [2.24, 2.45) is 0 Å². The summed E-state index contributed by atoms with van der Waals surface area (Å²) < 4.78 is 1.33. The number of hydrogen-bond donors (Lipinski definition) is 0. The second-order valence-electron chi connectivity index (χ2n) is 2.83. The van der Waals surface area contributed by atoms with Crippen LogP contribution in [0.5, 0.6) is 0 Å². The molecule has 62 valence electrons. The summed E-state index contributed by atoms with van der Waals surface area (Å²) in [7, 11) is 0. The Balaban J connectivity index is 2.60. The Labute approximate surface area is 80.8 Å². The minimum absolute atomic E-state index is 0.106. The Morgan fingerprint density at radius 3 is 2.92 bits per heavy atom. The van der Waals surface area contributed by atoms with Gasteiger partial charge in [0, 0.05) is 4.70 Å². The van der Waals surface area contributed by atoms with Crippen molar-refractivity contribution in [2.75, 3.05) is 0 Å². The first-order valence-electron chi connectivity index (χ1n) is 3.88. The molecule has 0 amide bonds. The molecule has 0 bridgehead atoms. The first kappa shape index (κ1) is 8.09. The fourth-order valence-electron chi connectivity index (χ4n) is 1.23. The molecule has 0 aliphatic heterocycles. The maximum Gasteiger partial charge on any atom is 0.0557 e. The lowest BCUT2D eigenvalue weighted by Crippen LogP contribution is -1.81. The number of thiophene rings is 1. The van der Waals surface area contributed by atoms with Gasteiger partial charge >= 0.3 is 0 Å². The van der Waals surface area contributed by atoms with E-state index in [1.54, 1.807) is 11.3 Å². The van der Waals surface area contributed by atoms with E-state index in [1.165, 1.54) is 15.6 Å². The van der Waals surface area contributed by atoms with E-state index < -0.39 is 0 Å². The van der Waals surface area contributed by atoms with Gasteiger partial charge in [0.1, 0.15) is 0 Å². The van der Waals surface area contributed by atoms with Crippen LogP contribution < -0.4 is 0 Å². The first-order valence-corrected chi connectivity index (χ1v) is 5.20. The summed E-state index contributed by atoms with van der Waals surface area (Å²) in [5.41, 5.74) is 1.20. The summed E-state index contributed by atoms with van der Waals surface area (Å²) in [5.74, 6) is 0. The molecule has 0 fully saturated rings. The van der Waals surface area contributed by atoms with Gasteiger partial charge in [-0.1, -0.05) is 6.07 Å². The van der Waals surface area contributed by atoms with Crippen LogP contribution in [0.15, 0.2) is 29.6 Å². The number of halogens is 1. The lowest BCUT2D eigenvalue weighted by molar-refractivity contribution is 1.09. The molecule has 1 unspecified atom stereocenters. The lowest BCUT2D eigenvalue weighted by Gasteiger charge is -2.01. The van der Waals surface area contributed by atoms with Crippen molar-refractivity contribution in [3.63, 3.8) is 0 Å². The zero-order valence-electron chi connectivity index (χ0n) is 6.75. The molecule has 0 aliphatic carbocycles. The van der Waals surface area contributed by atoms with Crippen molar-refractivity contribution in [3.05, 3.63) is 35.2 Å². The van der Waals surface area contributed by atoms with Gasteiger partial charge in [-0.05, 0) is 41.5 Å². The van der Waals surface area contributed by atoms with Crippen LogP contribution in [-0.2, 0) is 0 Å². The van der Waals surface area contributed by atoms with E-state index in [0.717, 1.165) is 0 Å². The van der Waals surface area contributed by atoms with Crippen LogP contribution in [0.1, 0.15) is 17.9 Å². The molecule has 1 aromatic carbocycles. The molecule has 0 aliphatic rings. The van der Waals surface area contributed by atoms with Crippen molar-refractivity contribution in [3.8, 4) is 0 Å². The molecule has 1 aromatic heterocycles. The van der Waals surface area contributed by atoms with Gasteiger partial charge in [0.15, 0.2) is 0 Å². The largest absolute Gasteiger partial charge is 0.144 e. The van der Waals surface area contributed by atoms with E-state index in [9.17, 15) is 0 Å². The predicted octanol–water partition coefficient (Wildman–Crippen LogP) is 4.20. The fraction of sp³-hybridized carbons (Fsp3) is 0.200. The SMILES string of the molecule is CC(Cl)c1ccc2sccc2c1. The fourth-order valence-corrected chi connectivity index (χ4v) is 2.14. The van der Waals surface area contributed by atoms with Gasteiger partial charge in [0.25, 0.3) is 0 Å². The maximum absolute atomic E-state index is 5.97. The summed E-state index contributed by atoms with van der Waals surface area (Å²) in [5, 5.41) is 3.51. The third kappa shape index (κ3) is 1.35. The molecular formula is C10H9ClS. The van der Waals surface area contributed by atoms with Crippen LogP contribution in [-0.4, -0.2) is 0 Å². The van der Waals surface area contributed by atoms with Crippen LogP contribution in [0.3, 0.4) is 0 Å². The molecule has 0 radical (unpaired) electrons. The van der Waals surface area contributed by atoms with Crippen LogP contribution >= 0.6 is 22.9 Å². The van der Waals surface area contributed by atoms with Crippen LogP contribution in [0.2, 0.25) is 0 Å². The Morgan fingerprint density at radius 1 is 1.33 bits per heavy atom. The highest BCUT2D eigenvalue weighted by atomic mass is 35.5. The zero-order valence-corrected chi connectivity index (χ0v) is 8.32. The minimum atomic E-state index is 0.106. The van der Waals surface area contributed by atoms with E-state index in [-0.39, 0.29) is 5.38 Å². The van der Waals surface area contributed by atoms with Crippen LogP contribution in [0, 0.1) is 0 Å².